The van der Waals surface area contributed by atoms with E-state index < -0.39 is 53.0 Å². The Hall–Kier alpha value is -8.45. The van der Waals surface area contributed by atoms with Crippen molar-refractivity contribution in [3.05, 3.63) is 155 Å². The second kappa shape index (κ2) is 20.4. The van der Waals surface area contributed by atoms with Crippen molar-refractivity contribution in [2.75, 3.05) is 37.1 Å². The summed E-state index contributed by atoms with van der Waals surface area (Å²) < 4.78 is 26.7. The first-order chi connectivity index (χ1) is 33.5. The van der Waals surface area contributed by atoms with Gasteiger partial charge in [-0.3, -0.25) is 24.4 Å². The minimum Gasteiger partial charge on any atom is -0.489 e. The Morgan fingerprint density at radius 1 is 0.757 bits per heavy atom. The van der Waals surface area contributed by atoms with Crippen molar-refractivity contribution >= 4 is 35.1 Å². The highest BCUT2D eigenvalue weighted by Gasteiger charge is 2.33. The predicted molar refractivity (Wildman–Crippen MR) is 254 cm³/mol. The molecular formula is C52H48FN9O8. The minimum atomic E-state index is -1.55. The van der Waals surface area contributed by atoms with Gasteiger partial charge in [-0.05, 0) is 110 Å². The minimum absolute atomic E-state index is 0.0433. The van der Waals surface area contributed by atoms with Crippen LogP contribution in [0, 0.1) is 29.6 Å². The Balaban J connectivity index is 0.849. The van der Waals surface area contributed by atoms with E-state index in [0.29, 0.717) is 51.7 Å². The van der Waals surface area contributed by atoms with E-state index in [2.05, 4.69) is 54.4 Å². The van der Waals surface area contributed by atoms with E-state index >= 15 is 0 Å². The van der Waals surface area contributed by atoms with Crippen molar-refractivity contribution < 1.29 is 43.3 Å². The smallest absolute Gasteiger partial charge is 0.342 e. The SMILES string of the molecule is CN1C(=O)C(NC(=O)c2cc(Cc3cccc(F)n3)ccn2)COc2ccc(C#CC(C)(O)CCC(C)(O)C#Cc3ccc4c(c3)N(C)C(=O)C(NC(=O)n3cc(Cc5cccnc5)cn3)CO4)cc21. The number of benzene rings is 2. The molecule has 0 spiro atoms. The van der Waals surface area contributed by atoms with Crippen LogP contribution in [0.5, 0.6) is 11.5 Å². The summed E-state index contributed by atoms with van der Waals surface area (Å²) in [4.78, 5) is 68.4. The summed E-state index contributed by atoms with van der Waals surface area (Å²) in [6.07, 6.45) is 8.95. The van der Waals surface area contributed by atoms with Crippen molar-refractivity contribution in [2.24, 2.45) is 0 Å². The fraction of sp³-hybridized carbons (Fsp3) is 0.269. The van der Waals surface area contributed by atoms with Gasteiger partial charge in [-0.25, -0.2) is 9.78 Å². The van der Waals surface area contributed by atoms with E-state index in [4.69, 9.17) is 9.47 Å². The lowest BCUT2D eigenvalue weighted by atomic mass is 9.92. The Morgan fingerprint density at radius 3 is 1.99 bits per heavy atom. The topological polar surface area (TPSA) is 214 Å². The highest BCUT2D eigenvalue weighted by molar-refractivity contribution is 6.03. The second-order valence-electron chi connectivity index (χ2n) is 17.4. The fourth-order valence-corrected chi connectivity index (χ4v) is 7.60. The maximum absolute atomic E-state index is 13.6. The first-order valence-electron chi connectivity index (χ1n) is 22.2. The summed E-state index contributed by atoms with van der Waals surface area (Å²) in [5.74, 6) is 10.4. The zero-order valence-electron chi connectivity index (χ0n) is 38.6. The van der Waals surface area contributed by atoms with Gasteiger partial charge in [0.05, 0.1) is 17.6 Å². The molecule has 0 saturated carbocycles. The summed E-state index contributed by atoms with van der Waals surface area (Å²) >= 11 is 0. The van der Waals surface area contributed by atoms with Crippen LogP contribution in [0.2, 0.25) is 0 Å². The summed E-state index contributed by atoms with van der Waals surface area (Å²) in [6, 6.07) is 18.8. The molecular weight excluding hydrogens is 898 g/mol. The van der Waals surface area contributed by atoms with Crippen LogP contribution >= 0.6 is 0 Å². The van der Waals surface area contributed by atoms with Gasteiger partial charge >= 0.3 is 6.03 Å². The lowest BCUT2D eigenvalue weighted by Gasteiger charge is -2.22. The van der Waals surface area contributed by atoms with Gasteiger partial charge in [0.2, 0.25) is 5.95 Å². The molecule has 4 atom stereocenters. The van der Waals surface area contributed by atoms with E-state index in [1.807, 2.05) is 12.1 Å². The third-order valence-corrected chi connectivity index (χ3v) is 11.6. The Bertz CT molecular complexity index is 3100. The van der Waals surface area contributed by atoms with Gasteiger partial charge in [0.1, 0.15) is 53.7 Å². The number of amides is 4. The molecule has 17 nitrogen and oxygen atoms in total. The average Bonchev–Trinajstić information content (AvgIpc) is 3.74. The molecule has 0 saturated heterocycles. The van der Waals surface area contributed by atoms with Crippen LogP contribution in [0.4, 0.5) is 20.6 Å². The van der Waals surface area contributed by atoms with E-state index in [-0.39, 0.29) is 38.2 Å². The molecule has 4 amide bonds. The molecule has 2 aliphatic rings. The van der Waals surface area contributed by atoms with Crippen LogP contribution in [0.15, 0.2) is 110 Å². The molecule has 0 radical (unpaired) electrons. The molecule has 0 aliphatic carbocycles. The highest BCUT2D eigenvalue weighted by Crippen LogP contribution is 2.33. The van der Waals surface area contributed by atoms with Gasteiger partial charge in [-0.15, -0.1) is 0 Å². The van der Waals surface area contributed by atoms with Crippen LogP contribution in [0.3, 0.4) is 0 Å². The molecule has 6 aromatic rings. The number of nitrogens with one attached hydrogen (secondary N) is 2. The molecule has 0 fully saturated rings. The number of halogens is 1. The molecule has 356 valence electrons. The number of nitrogens with zero attached hydrogens (tertiary/aromatic N) is 7. The second-order valence-corrected chi connectivity index (χ2v) is 17.4. The van der Waals surface area contributed by atoms with Crippen LogP contribution in [0.1, 0.15) is 70.7 Å². The number of carbonyl (C=O) groups is 4. The quantitative estimate of drug-likeness (QED) is 0.112. The predicted octanol–water partition coefficient (Wildman–Crippen LogP) is 4.21. The average molecular weight is 946 g/mol. The number of likely N-dealkylation sites (N-methyl/N-ethyl adjacent to an activating group) is 2. The van der Waals surface area contributed by atoms with Gasteiger partial charge in [0.25, 0.3) is 17.7 Å². The van der Waals surface area contributed by atoms with Gasteiger partial charge in [-0.2, -0.15) is 14.2 Å². The molecule has 2 aromatic carbocycles. The lowest BCUT2D eigenvalue weighted by molar-refractivity contribution is -0.121. The van der Waals surface area contributed by atoms with Crippen molar-refractivity contribution in [3.8, 4) is 35.2 Å². The summed E-state index contributed by atoms with van der Waals surface area (Å²) in [6.45, 7) is 2.77. The molecule has 4 aromatic heterocycles. The number of aromatic nitrogens is 5. The highest BCUT2D eigenvalue weighted by atomic mass is 19.1. The first-order valence-corrected chi connectivity index (χ1v) is 22.2. The van der Waals surface area contributed by atoms with E-state index in [0.717, 1.165) is 15.8 Å². The largest absolute Gasteiger partial charge is 0.489 e. The summed E-state index contributed by atoms with van der Waals surface area (Å²) in [7, 11) is 3.12. The van der Waals surface area contributed by atoms with Crippen molar-refractivity contribution in [1.82, 2.24) is 35.4 Å². The maximum Gasteiger partial charge on any atom is 0.342 e. The number of pyridine rings is 3. The number of fused-ring (bicyclic) bond motifs is 2. The summed E-state index contributed by atoms with van der Waals surface area (Å²) in [5.41, 5.74) is 1.66. The van der Waals surface area contributed by atoms with Crippen LogP contribution in [0.25, 0.3) is 0 Å². The van der Waals surface area contributed by atoms with Crippen molar-refractivity contribution in [3.63, 3.8) is 0 Å². The van der Waals surface area contributed by atoms with E-state index in [1.54, 1.807) is 99.5 Å². The monoisotopic (exact) mass is 945 g/mol. The standard InChI is InChI=1S/C52H48FN9O8/c1-51(67,17-14-33-10-12-44-42(26-33)60(3)48(64)40(31-69-44)58-47(63)39-25-35(16-22-55-39)24-38-8-5-9-46(53)57-38)19-20-52(2,68)18-15-34-11-13-45-43(27-34)61(4)49(65)41(32-70-45)59-50(66)62-30-37(29-56-62)23-36-7-6-21-54-28-36/h5-13,16,21-22,25-30,40-41,67-68H,19-20,23-24,31-32H2,1-4H3,(H,58,63)(H,59,66). The van der Waals surface area contributed by atoms with Gasteiger partial charge in [-0.1, -0.05) is 35.8 Å². The van der Waals surface area contributed by atoms with Crippen molar-refractivity contribution in [1.29, 1.82) is 0 Å². The maximum atomic E-state index is 13.6. The number of carbonyl (C=O) groups excluding carboxylic acids is 4. The molecule has 4 N–H and O–H groups in total. The number of hydrogen-bond donors (Lipinski definition) is 4. The Kier molecular flexibility index (Phi) is 14.0. The third-order valence-electron chi connectivity index (χ3n) is 11.6. The number of aliphatic hydroxyl groups is 2. The molecule has 18 heteroatoms. The molecule has 8 rings (SSSR count). The summed E-state index contributed by atoms with van der Waals surface area (Å²) in [5, 5.41) is 32.1. The Morgan fingerprint density at radius 2 is 1.39 bits per heavy atom. The normalized spacial score (nSPS) is 17.0. The lowest BCUT2D eigenvalue weighted by Crippen LogP contribution is -2.50. The van der Waals surface area contributed by atoms with Gasteiger partial charge in [0, 0.05) is 68.5 Å². The Labute approximate surface area is 402 Å². The first kappa shape index (κ1) is 48.0. The van der Waals surface area contributed by atoms with Gasteiger partial charge < -0.3 is 40.1 Å². The zero-order valence-corrected chi connectivity index (χ0v) is 38.6. The van der Waals surface area contributed by atoms with Gasteiger partial charge in [0.15, 0.2) is 0 Å². The molecule has 6 heterocycles. The van der Waals surface area contributed by atoms with Crippen LogP contribution in [-0.2, 0) is 22.4 Å². The zero-order chi connectivity index (χ0) is 49.6. The van der Waals surface area contributed by atoms with Crippen LogP contribution < -0.4 is 29.9 Å². The van der Waals surface area contributed by atoms with Crippen molar-refractivity contribution in [2.45, 2.75) is 62.8 Å². The third kappa shape index (κ3) is 11.8. The fourth-order valence-electron chi connectivity index (χ4n) is 7.60. The van der Waals surface area contributed by atoms with Crippen LogP contribution in [-0.4, -0.2) is 109 Å². The number of anilines is 2. The molecule has 2 aliphatic heterocycles. The number of hydrogen-bond acceptors (Lipinski definition) is 12. The molecule has 4 unspecified atom stereocenters. The van der Waals surface area contributed by atoms with E-state index in [1.165, 1.54) is 35.9 Å². The molecule has 70 heavy (non-hydrogen) atoms. The molecule has 0 bridgehead atoms. The number of rotatable bonds is 10. The van der Waals surface area contributed by atoms with E-state index in [9.17, 15) is 33.8 Å². The number of ether oxygens (including phenoxy) is 2.